The highest BCUT2D eigenvalue weighted by Crippen LogP contribution is 2.41. The largest absolute Gasteiger partial charge is 0.372 e. The summed E-state index contributed by atoms with van der Waals surface area (Å²) in [5.41, 5.74) is 0. The number of rotatable bonds is 3. The molecule has 10 atom stereocenters. The zero-order valence-corrected chi connectivity index (χ0v) is 17.7. The Hall–Kier alpha value is -0.200. The van der Waals surface area contributed by atoms with E-state index in [1.165, 1.54) is 0 Å². The lowest BCUT2D eigenvalue weighted by molar-refractivity contribution is -0.377. The Morgan fingerprint density at radius 1 is 0.923 bits per heavy atom. The van der Waals surface area contributed by atoms with Gasteiger partial charge in [0.25, 0.3) is 0 Å². The highest BCUT2D eigenvalue weighted by atomic mass is 16.8. The van der Waals surface area contributed by atoms with Crippen LogP contribution in [0, 0.1) is 23.7 Å². The number of hydrogen-bond acceptors (Lipinski definition) is 5. The molecular formula is C21H38O5. The average molecular weight is 371 g/mol. The molecule has 0 aromatic carbocycles. The van der Waals surface area contributed by atoms with Crippen LogP contribution < -0.4 is 0 Å². The van der Waals surface area contributed by atoms with Gasteiger partial charge in [0.15, 0.2) is 12.1 Å². The Kier molecular flexibility index (Phi) is 6.06. The predicted molar refractivity (Wildman–Crippen MR) is 99.7 cm³/mol. The van der Waals surface area contributed by atoms with E-state index in [2.05, 4.69) is 41.5 Å². The fourth-order valence-electron chi connectivity index (χ4n) is 4.61. The highest BCUT2D eigenvalue weighted by molar-refractivity contribution is 4.92. The van der Waals surface area contributed by atoms with E-state index >= 15 is 0 Å². The first-order valence-electron chi connectivity index (χ1n) is 10.4. The van der Waals surface area contributed by atoms with Crippen LogP contribution in [0.3, 0.4) is 0 Å². The van der Waals surface area contributed by atoms with E-state index < -0.39 is 5.79 Å². The Bertz CT molecular complexity index is 477. The van der Waals surface area contributed by atoms with E-state index in [0.717, 1.165) is 6.42 Å². The molecule has 0 aromatic heterocycles. The minimum Gasteiger partial charge on any atom is -0.372 e. The van der Waals surface area contributed by atoms with Gasteiger partial charge in [0.05, 0.1) is 31.0 Å². The van der Waals surface area contributed by atoms with Gasteiger partial charge in [0.1, 0.15) is 6.10 Å². The molecule has 3 heterocycles. The summed E-state index contributed by atoms with van der Waals surface area (Å²) in [6, 6.07) is 0. The molecular weight excluding hydrogens is 332 g/mol. The van der Waals surface area contributed by atoms with Gasteiger partial charge < -0.3 is 23.7 Å². The number of fused-ring (bicyclic) bond motifs is 1. The van der Waals surface area contributed by atoms with Gasteiger partial charge in [-0.15, -0.1) is 0 Å². The molecule has 3 rings (SSSR count). The Morgan fingerprint density at radius 2 is 1.62 bits per heavy atom. The van der Waals surface area contributed by atoms with E-state index in [9.17, 15) is 0 Å². The van der Waals surface area contributed by atoms with Crippen LogP contribution >= 0.6 is 0 Å². The lowest BCUT2D eigenvalue weighted by Crippen LogP contribution is -2.60. The minimum atomic E-state index is -0.545. The van der Waals surface area contributed by atoms with Crippen molar-refractivity contribution in [3.05, 3.63) is 0 Å². The summed E-state index contributed by atoms with van der Waals surface area (Å²) < 4.78 is 31.2. The van der Waals surface area contributed by atoms with E-state index in [1.54, 1.807) is 0 Å². The van der Waals surface area contributed by atoms with Crippen molar-refractivity contribution in [2.75, 3.05) is 6.61 Å². The Labute approximate surface area is 159 Å². The van der Waals surface area contributed by atoms with Crippen molar-refractivity contribution in [1.29, 1.82) is 0 Å². The lowest BCUT2D eigenvalue weighted by atomic mass is 9.80. The van der Waals surface area contributed by atoms with Gasteiger partial charge >= 0.3 is 0 Å². The van der Waals surface area contributed by atoms with Gasteiger partial charge in [0, 0.05) is 5.92 Å². The molecule has 3 fully saturated rings. The SMILES string of the molecule is CCC1O[C@H](C)C(C)[C@@H](C)[C@@H]1O[C@H]1O[C@H]2COC(C)(C)O[C@H]2C(C)C1C. The molecule has 0 N–H and O–H groups in total. The fraction of sp³-hybridized carbons (Fsp3) is 1.00. The molecule has 152 valence electrons. The quantitative estimate of drug-likeness (QED) is 0.752. The van der Waals surface area contributed by atoms with Gasteiger partial charge in [0.2, 0.25) is 0 Å². The third-order valence-electron chi connectivity index (χ3n) is 7.00. The summed E-state index contributed by atoms with van der Waals surface area (Å²) in [5, 5.41) is 0. The van der Waals surface area contributed by atoms with E-state index in [0.29, 0.717) is 24.4 Å². The average Bonchev–Trinajstić information content (AvgIpc) is 2.59. The van der Waals surface area contributed by atoms with Crippen molar-refractivity contribution in [2.45, 2.75) is 104 Å². The van der Waals surface area contributed by atoms with Crippen molar-refractivity contribution >= 4 is 0 Å². The van der Waals surface area contributed by atoms with Crippen molar-refractivity contribution in [2.24, 2.45) is 23.7 Å². The molecule has 3 saturated heterocycles. The van der Waals surface area contributed by atoms with E-state index in [-0.39, 0.29) is 42.7 Å². The second-order valence-electron chi connectivity index (χ2n) is 9.16. The summed E-state index contributed by atoms with van der Waals surface area (Å²) in [7, 11) is 0. The molecule has 0 aromatic rings. The van der Waals surface area contributed by atoms with Crippen molar-refractivity contribution < 1.29 is 23.7 Å². The third-order valence-corrected chi connectivity index (χ3v) is 7.00. The maximum Gasteiger partial charge on any atom is 0.163 e. The first-order valence-corrected chi connectivity index (χ1v) is 10.4. The van der Waals surface area contributed by atoms with Gasteiger partial charge in [-0.3, -0.25) is 0 Å². The molecule has 0 spiro atoms. The molecule has 0 radical (unpaired) electrons. The zero-order chi connectivity index (χ0) is 19.2. The molecule has 0 aliphatic carbocycles. The van der Waals surface area contributed by atoms with Crippen LogP contribution in [0.15, 0.2) is 0 Å². The van der Waals surface area contributed by atoms with E-state index in [4.69, 9.17) is 23.7 Å². The monoisotopic (exact) mass is 370 g/mol. The van der Waals surface area contributed by atoms with Gasteiger partial charge in [-0.05, 0) is 44.9 Å². The Balaban J connectivity index is 1.71. The van der Waals surface area contributed by atoms with Crippen molar-refractivity contribution in [3.63, 3.8) is 0 Å². The summed E-state index contributed by atoms with van der Waals surface area (Å²) in [6.45, 7) is 17.8. The van der Waals surface area contributed by atoms with E-state index in [1.807, 2.05) is 13.8 Å². The van der Waals surface area contributed by atoms with Crippen LogP contribution in [-0.2, 0) is 23.7 Å². The molecule has 3 aliphatic heterocycles. The first kappa shape index (κ1) is 20.5. The normalized spacial score (nSPS) is 51.7. The predicted octanol–water partition coefficient (Wildman–Crippen LogP) is 3.99. The van der Waals surface area contributed by atoms with Crippen molar-refractivity contribution in [3.8, 4) is 0 Å². The molecule has 5 nitrogen and oxygen atoms in total. The smallest absolute Gasteiger partial charge is 0.163 e. The number of ether oxygens (including phenoxy) is 5. The third kappa shape index (κ3) is 3.83. The summed E-state index contributed by atoms with van der Waals surface area (Å²) in [6.07, 6.45) is 1.14. The topological polar surface area (TPSA) is 46.2 Å². The van der Waals surface area contributed by atoms with Gasteiger partial charge in [-0.25, -0.2) is 0 Å². The van der Waals surface area contributed by atoms with Crippen LogP contribution in [0.1, 0.15) is 61.8 Å². The molecule has 0 saturated carbocycles. The number of hydrogen-bond donors (Lipinski definition) is 0. The van der Waals surface area contributed by atoms with Gasteiger partial charge in [-0.1, -0.05) is 34.6 Å². The van der Waals surface area contributed by atoms with Crippen LogP contribution in [0.5, 0.6) is 0 Å². The molecule has 5 heteroatoms. The fourth-order valence-corrected chi connectivity index (χ4v) is 4.61. The van der Waals surface area contributed by atoms with Gasteiger partial charge in [-0.2, -0.15) is 0 Å². The second-order valence-corrected chi connectivity index (χ2v) is 9.16. The molecule has 0 amide bonds. The van der Waals surface area contributed by atoms with Crippen LogP contribution in [0.2, 0.25) is 0 Å². The first-order chi connectivity index (χ1) is 12.1. The molecule has 0 bridgehead atoms. The van der Waals surface area contributed by atoms with Crippen LogP contribution in [-0.4, -0.2) is 49.2 Å². The highest BCUT2D eigenvalue weighted by Gasteiger charge is 2.50. The molecule has 3 aliphatic rings. The zero-order valence-electron chi connectivity index (χ0n) is 17.7. The van der Waals surface area contributed by atoms with Crippen molar-refractivity contribution in [1.82, 2.24) is 0 Å². The van der Waals surface area contributed by atoms with Crippen LogP contribution in [0.4, 0.5) is 0 Å². The Morgan fingerprint density at radius 3 is 2.27 bits per heavy atom. The maximum absolute atomic E-state index is 6.59. The maximum atomic E-state index is 6.59. The lowest BCUT2D eigenvalue weighted by Gasteiger charge is -2.52. The summed E-state index contributed by atoms with van der Waals surface area (Å²) in [4.78, 5) is 0. The van der Waals surface area contributed by atoms with Crippen LogP contribution in [0.25, 0.3) is 0 Å². The second kappa shape index (κ2) is 7.67. The molecule has 4 unspecified atom stereocenters. The molecule has 26 heavy (non-hydrogen) atoms. The standard InChI is InChI=1S/C21H38O5/c1-9-16-18(12(3)11(2)15(6)23-16)25-20-14(5)13(4)19-17(24-20)10-22-21(7,8)26-19/h11-20H,9-10H2,1-8H3/t11?,12-,13?,14?,15-,16?,17+,18+,19+,20-/m1/s1. The summed E-state index contributed by atoms with van der Waals surface area (Å²) >= 11 is 0. The minimum absolute atomic E-state index is 0.0505. The summed E-state index contributed by atoms with van der Waals surface area (Å²) in [5.74, 6) is 0.957.